The van der Waals surface area contributed by atoms with Gasteiger partial charge < -0.3 is 24.4 Å². The maximum Gasteiger partial charge on any atom is 0.318 e. The SMILES string of the molecule is Cc1cc2c(nnn2COCC[Si](C)(C)C)c(N2CCc3c(nc(OCC45CCCN4CCC5)nc3N3C[C@@H]4C[C@H](C3)[C@H](O)C4)C2)c1C. The Balaban J connectivity index is 1.10. The Hall–Kier alpha value is -2.80. The largest absolute Gasteiger partial charge is 0.461 e. The summed E-state index contributed by atoms with van der Waals surface area (Å²) in [7, 11) is -1.17. The number of nitrogens with zero attached hydrogens (tertiary/aromatic N) is 8. The Kier molecular flexibility index (Phi) is 8.44. The summed E-state index contributed by atoms with van der Waals surface area (Å²) >= 11 is 0. The zero-order valence-electron chi connectivity index (χ0n) is 29.7. The molecule has 11 nitrogen and oxygen atoms in total. The van der Waals surface area contributed by atoms with E-state index in [1.54, 1.807) is 0 Å². The molecule has 5 aliphatic rings. The summed E-state index contributed by atoms with van der Waals surface area (Å²) in [5.74, 6) is 1.86. The van der Waals surface area contributed by atoms with Crippen LogP contribution in [-0.2, 0) is 24.4 Å². The van der Waals surface area contributed by atoms with Crippen LogP contribution in [0.3, 0.4) is 0 Å². The Morgan fingerprint density at radius 3 is 2.60 bits per heavy atom. The number of hydrogen-bond donors (Lipinski definition) is 1. The number of anilines is 2. The fourth-order valence-electron chi connectivity index (χ4n) is 9.29. The van der Waals surface area contributed by atoms with E-state index in [9.17, 15) is 5.11 Å². The average Bonchev–Trinajstić information content (AvgIpc) is 3.80. The maximum absolute atomic E-state index is 10.7. The fourth-order valence-corrected chi connectivity index (χ4v) is 10.0. The number of ether oxygens (including phenoxy) is 2. The summed E-state index contributed by atoms with van der Waals surface area (Å²) in [5.41, 5.74) is 7.93. The van der Waals surface area contributed by atoms with Gasteiger partial charge in [-0.15, -0.1) is 5.10 Å². The number of rotatable bonds is 10. The smallest absolute Gasteiger partial charge is 0.318 e. The molecule has 3 aromatic rings. The van der Waals surface area contributed by atoms with Gasteiger partial charge in [0.2, 0.25) is 0 Å². The van der Waals surface area contributed by atoms with Crippen molar-refractivity contribution in [2.24, 2.45) is 11.8 Å². The van der Waals surface area contributed by atoms with Crippen molar-refractivity contribution in [3.05, 3.63) is 28.5 Å². The lowest BCUT2D eigenvalue weighted by atomic mass is 9.95. The standard InChI is InChI=1S/C36H54N8O3Si/c1-24-16-30-32(39-40-44(30)23-46-14-15-48(3,4)5)33(25(24)2)41-13-8-28-29(21-41)37-35(47-22-36-9-6-11-43(36)12-7-10-36)38-34(28)42-19-26-17-27(20-42)31(45)18-26/h16,26-27,31,45H,6-15,17-23H2,1-5H3/t26-,27-,31-/m1/s1. The van der Waals surface area contributed by atoms with E-state index in [4.69, 9.17) is 24.5 Å². The van der Waals surface area contributed by atoms with E-state index in [0.717, 1.165) is 79.8 Å². The Bertz CT molecular complexity index is 1660. The molecule has 0 spiro atoms. The number of fused-ring (bicyclic) bond motifs is 5. The molecule has 6 heterocycles. The molecule has 12 heteroatoms. The predicted molar refractivity (Wildman–Crippen MR) is 191 cm³/mol. The normalized spacial score (nSPS) is 25.2. The molecule has 3 saturated heterocycles. The number of aliphatic hydroxyl groups excluding tert-OH is 1. The fraction of sp³-hybridized carbons (Fsp3) is 0.722. The van der Waals surface area contributed by atoms with Gasteiger partial charge in [-0.05, 0) is 101 Å². The molecule has 260 valence electrons. The van der Waals surface area contributed by atoms with Crippen molar-refractivity contribution >= 4 is 30.6 Å². The number of benzene rings is 1. The van der Waals surface area contributed by atoms with Crippen molar-refractivity contribution in [1.82, 2.24) is 29.9 Å². The van der Waals surface area contributed by atoms with Crippen molar-refractivity contribution in [2.75, 3.05) is 55.7 Å². The average molecular weight is 675 g/mol. The van der Waals surface area contributed by atoms with Crippen LogP contribution in [0.25, 0.3) is 11.0 Å². The quantitative estimate of drug-likeness (QED) is 0.235. The van der Waals surface area contributed by atoms with Gasteiger partial charge in [-0.25, -0.2) is 4.68 Å². The molecule has 1 aromatic carbocycles. The summed E-state index contributed by atoms with van der Waals surface area (Å²) in [6.45, 7) is 19.0. The summed E-state index contributed by atoms with van der Waals surface area (Å²) in [5, 5.41) is 20.0. The molecule has 4 fully saturated rings. The second kappa shape index (κ2) is 12.5. The highest BCUT2D eigenvalue weighted by atomic mass is 28.3. The Labute approximate surface area is 286 Å². The number of aryl methyl sites for hydroxylation is 1. The molecule has 0 amide bonds. The lowest BCUT2D eigenvalue weighted by Gasteiger charge is -2.37. The van der Waals surface area contributed by atoms with E-state index in [1.165, 1.54) is 55.5 Å². The first-order valence-corrected chi connectivity index (χ1v) is 22.1. The van der Waals surface area contributed by atoms with E-state index < -0.39 is 8.07 Å². The highest BCUT2D eigenvalue weighted by molar-refractivity contribution is 6.76. The van der Waals surface area contributed by atoms with Crippen LogP contribution in [0, 0.1) is 25.7 Å². The van der Waals surface area contributed by atoms with Gasteiger partial charge in [0.15, 0.2) is 0 Å². The van der Waals surface area contributed by atoms with Gasteiger partial charge >= 0.3 is 6.01 Å². The molecule has 48 heavy (non-hydrogen) atoms. The minimum atomic E-state index is -1.17. The van der Waals surface area contributed by atoms with Gasteiger partial charge in [-0.2, -0.15) is 9.97 Å². The molecular formula is C36H54N8O3Si. The predicted octanol–water partition coefficient (Wildman–Crippen LogP) is 4.93. The maximum atomic E-state index is 10.7. The molecule has 4 aliphatic heterocycles. The summed E-state index contributed by atoms with van der Waals surface area (Å²) < 4.78 is 14.6. The lowest BCUT2D eigenvalue weighted by Crippen LogP contribution is -2.44. The Morgan fingerprint density at radius 1 is 1.02 bits per heavy atom. The minimum Gasteiger partial charge on any atom is -0.461 e. The number of aromatic nitrogens is 5. The van der Waals surface area contributed by atoms with Crippen LogP contribution in [0.15, 0.2) is 6.07 Å². The van der Waals surface area contributed by atoms with Gasteiger partial charge in [0.05, 0.1) is 35.1 Å². The highest BCUT2D eigenvalue weighted by Gasteiger charge is 2.45. The van der Waals surface area contributed by atoms with Crippen LogP contribution in [0.2, 0.25) is 25.7 Å². The summed E-state index contributed by atoms with van der Waals surface area (Å²) in [6.07, 6.45) is 7.53. The van der Waals surface area contributed by atoms with Crippen molar-refractivity contribution in [2.45, 2.75) is 109 Å². The number of aliphatic hydroxyl groups is 1. The third-order valence-electron chi connectivity index (χ3n) is 12.1. The van der Waals surface area contributed by atoms with Crippen molar-refractivity contribution in [3.63, 3.8) is 0 Å². The summed E-state index contributed by atoms with van der Waals surface area (Å²) in [6, 6.07) is 3.84. The van der Waals surface area contributed by atoms with E-state index in [-0.39, 0.29) is 11.6 Å². The molecule has 0 unspecified atom stereocenters. The van der Waals surface area contributed by atoms with Gasteiger partial charge in [-0.3, -0.25) is 4.90 Å². The second-order valence-electron chi connectivity index (χ2n) is 16.7. The zero-order chi connectivity index (χ0) is 33.2. The first kappa shape index (κ1) is 32.4. The third kappa shape index (κ3) is 6.00. The van der Waals surface area contributed by atoms with Crippen LogP contribution in [0.1, 0.15) is 60.9 Å². The van der Waals surface area contributed by atoms with Crippen LogP contribution in [0.4, 0.5) is 11.5 Å². The minimum absolute atomic E-state index is 0.133. The Morgan fingerprint density at radius 2 is 1.83 bits per heavy atom. The number of piperidine rings is 1. The number of hydrogen-bond acceptors (Lipinski definition) is 10. The van der Waals surface area contributed by atoms with E-state index in [1.807, 2.05) is 4.68 Å². The first-order chi connectivity index (χ1) is 23.1. The molecule has 2 bridgehead atoms. The van der Waals surface area contributed by atoms with E-state index >= 15 is 0 Å². The molecule has 2 aromatic heterocycles. The van der Waals surface area contributed by atoms with E-state index in [2.05, 4.69) is 59.5 Å². The second-order valence-corrected chi connectivity index (χ2v) is 22.3. The van der Waals surface area contributed by atoms with E-state index in [0.29, 0.717) is 37.7 Å². The van der Waals surface area contributed by atoms with Crippen LogP contribution in [-0.4, -0.2) is 101 Å². The highest BCUT2D eigenvalue weighted by Crippen LogP contribution is 2.42. The molecule has 8 rings (SSSR count). The third-order valence-corrected chi connectivity index (χ3v) is 13.8. The van der Waals surface area contributed by atoms with Gasteiger partial charge in [0, 0.05) is 45.8 Å². The van der Waals surface area contributed by atoms with Gasteiger partial charge in [0.25, 0.3) is 0 Å². The van der Waals surface area contributed by atoms with Crippen molar-refractivity contribution < 1.29 is 14.6 Å². The van der Waals surface area contributed by atoms with Crippen molar-refractivity contribution in [3.8, 4) is 6.01 Å². The summed E-state index contributed by atoms with van der Waals surface area (Å²) in [4.78, 5) is 17.9. The van der Waals surface area contributed by atoms with Gasteiger partial charge in [0.1, 0.15) is 24.7 Å². The van der Waals surface area contributed by atoms with Crippen LogP contribution < -0.4 is 14.5 Å². The molecule has 1 aliphatic carbocycles. The molecule has 0 radical (unpaired) electrons. The first-order valence-electron chi connectivity index (χ1n) is 18.4. The lowest BCUT2D eigenvalue weighted by molar-refractivity contribution is 0.0803. The topological polar surface area (TPSA) is 105 Å². The van der Waals surface area contributed by atoms with Crippen LogP contribution in [0.5, 0.6) is 6.01 Å². The van der Waals surface area contributed by atoms with Gasteiger partial charge in [-0.1, -0.05) is 24.9 Å². The zero-order valence-corrected chi connectivity index (χ0v) is 30.7. The molecular weight excluding hydrogens is 621 g/mol. The van der Waals surface area contributed by atoms with Crippen LogP contribution >= 0.6 is 0 Å². The monoisotopic (exact) mass is 674 g/mol. The molecule has 1 saturated carbocycles. The van der Waals surface area contributed by atoms with Crippen molar-refractivity contribution in [1.29, 1.82) is 0 Å². The molecule has 1 N–H and O–H groups in total. The molecule has 3 atom stereocenters.